The van der Waals surface area contributed by atoms with Crippen molar-refractivity contribution in [3.63, 3.8) is 0 Å². The lowest BCUT2D eigenvalue weighted by Crippen LogP contribution is -2.35. The van der Waals surface area contributed by atoms with Crippen molar-refractivity contribution >= 4 is 11.8 Å². The molecule has 0 radical (unpaired) electrons. The van der Waals surface area contributed by atoms with Gasteiger partial charge in [0.2, 0.25) is 5.82 Å². The Morgan fingerprint density at radius 3 is 1.82 bits per heavy atom. The summed E-state index contributed by atoms with van der Waals surface area (Å²) < 4.78 is 70.2. The zero-order valence-electron chi connectivity index (χ0n) is 12.1. The fourth-order valence-corrected chi connectivity index (χ4v) is 1.43. The van der Waals surface area contributed by atoms with Crippen LogP contribution < -0.4 is 10.6 Å². The van der Waals surface area contributed by atoms with Crippen LogP contribution in [0.3, 0.4) is 0 Å². The van der Waals surface area contributed by atoms with Crippen LogP contribution in [0.15, 0.2) is 0 Å². The fourth-order valence-electron chi connectivity index (χ4n) is 1.43. The first-order chi connectivity index (χ1) is 10.0. The average molecular weight is 326 g/mol. The molecule has 0 fully saturated rings. The van der Waals surface area contributed by atoms with Gasteiger partial charge in [0.15, 0.2) is 23.3 Å². The Morgan fingerprint density at radius 2 is 1.36 bits per heavy atom. The van der Waals surface area contributed by atoms with E-state index in [0.717, 1.165) is 0 Å². The first-order valence-electron chi connectivity index (χ1n) is 6.26. The van der Waals surface area contributed by atoms with Crippen molar-refractivity contribution in [2.75, 3.05) is 18.4 Å². The number of carbonyl (C=O) groups excluding carboxylic acids is 1. The third-order valence-corrected chi connectivity index (χ3v) is 2.30. The number of hydrogen-bond acceptors (Lipinski definition) is 3. The molecule has 1 amide bonds. The zero-order valence-corrected chi connectivity index (χ0v) is 12.1. The lowest BCUT2D eigenvalue weighted by Gasteiger charge is -2.19. The number of carbonyl (C=O) groups is 1. The first-order valence-corrected chi connectivity index (χ1v) is 6.26. The van der Waals surface area contributed by atoms with Crippen molar-refractivity contribution in [3.8, 4) is 0 Å². The number of alkyl carbamates (subject to hydrolysis) is 1. The highest BCUT2D eigenvalue weighted by atomic mass is 19.2. The van der Waals surface area contributed by atoms with Crippen LogP contribution in [0.25, 0.3) is 0 Å². The van der Waals surface area contributed by atoms with E-state index in [9.17, 15) is 26.7 Å². The molecule has 0 spiro atoms. The minimum atomic E-state index is -2.23. The molecule has 4 nitrogen and oxygen atoms in total. The van der Waals surface area contributed by atoms with E-state index >= 15 is 0 Å². The van der Waals surface area contributed by atoms with Crippen molar-refractivity contribution in [2.45, 2.75) is 26.4 Å². The second-order valence-electron chi connectivity index (χ2n) is 5.30. The maximum absolute atomic E-state index is 13.3. The van der Waals surface area contributed by atoms with Gasteiger partial charge in [-0.1, -0.05) is 0 Å². The standard InChI is InChI=1S/C13H15F5N2O2/c1-13(2,3)22-12(21)20-5-4-19-11-9(17)7(15)6(14)8(16)10(11)18/h19H,4-5H2,1-3H3,(H,20,21). The van der Waals surface area contributed by atoms with E-state index < -0.39 is 46.5 Å². The number of hydrogen-bond donors (Lipinski definition) is 2. The summed E-state index contributed by atoms with van der Waals surface area (Å²) in [4.78, 5) is 11.3. The summed E-state index contributed by atoms with van der Waals surface area (Å²) in [5.41, 5.74) is -1.87. The van der Waals surface area contributed by atoms with E-state index in [0.29, 0.717) is 0 Å². The Labute approximate surface area is 123 Å². The highest BCUT2D eigenvalue weighted by Crippen LogP contribution is 2.26. The van der Waals surface area contributed by atoms with E-state index in [4.69, 9.17) is 4.74 Å². The number of anilines is 1. The maximum atomic E-state index is 13.3. The van der Waals surface area contributed by atoms with Gasteiger partial charge in [-0.15, -0.1) is 0 Å². The number of amides is 1. The summed E-state index contributed by atoms with van der Waals surface area (Å²) in [6, 6.07) is 0. The van der Waals surface area contributed by atoms with Gasteiger partial charge in [0, 0.05) is 13.1 Å². The molecule has 0 saturated heterocycles. The minimum Gasteiger partial charge on any atom is -0.444 e. The van der Waals surface area contributed by atoms with Crippen LogP contribution in [0.2, 0.25) is 0 Å². The molecule has 0 aliphatic carbocycles. The topological polar surface area (TPSA) is 50.4 Å². The Morgan fingerprint density at radius 1 is 0.909 bits per heavy atom. The van der Waals surface area contributed by atoms with Crippen LogP contribution in [-0.2, 0) is 4.74 Å². The first kappa shape index (κ1) is 18.0. The summed E-state index contributed by atoms with van der Waals surface area (Å²) in [5, 5.41) is 4.30. The number of rotatable bonds is 4. The molecule has 124 valence electrons. The molecule has 0 aromatic heterocycles. The van der Waals surface area contributed by atoms with Gasteiger partial charge in [-0.3, -0.25) is 0 Å². The molecule has 0 unspecified atom stereocenters. The number of halogens is 5. The van der Waals surface area contributed by atoms with Gasteiger partial charge in [-0.05, 0) is 20.8 Å². The van der Waals surface area contributed by atoms with Gasteiger partial charge < -0.3 is 15.4 Å². The molecule has 0 saturated carbocycles. The molecule has 22 heavy (non-hydrogen) atoms. The van der Waals surface area contributed by atoms with E-state index in [2.05, 4.69) is 5.32 Å². The van der Waals surface area contributed by atoms with Gasteiger partial charge in [-0.25, -0.2) is 26.7 Å². The monoisotopic (exact) mass is 326 g/mol. The molecular weight excluding hydrogens is 311 g/mol. The van der Waals surface area contributed by atoms with Crippen molar-refractivity contribution in [3.05, 3.63) is 29.1 Å². The lowest BCUT2D eigenvalue weighted by molar-refractivity contribution is 0.0530. The summed E-state index contributed by atoms with van der Waals surface area (Å²) in [6.07, 6.45) is -0.772. The van der Waals surface area contributed by atoms with E-state index in [1.165, 1.54) is 0 Å². The van der Waals surface area contributed by atoms with Gasteiger partial charge in [0.1, 0.15) is 11.3 Å². The minimum absolute atomic E-state index is 0.144. The quantitative estimate of drug-likeness (QED) is 0.386. The second kappa shape index (κ2) is 6.80. The van der Waals surface area contributed by atoms with Crippen molar-refractivity contribution in [1.29, 1.82) is 0 Å². The predicted molar refractivity (Wildman–Crippen MR) is 69.0 cm³/mol. The molecule has 0 heterocycles. The number of nitrogens with one attached hydrogen (secondary N) is 2. The van der Waals surface area contributed by atoms with Crippen LogP contribution in [-0.4, -0.2) is 24.8 Å². The van der Waals surface area contributed by atoms with Gasteiger partial charge in [-0.2, -0.15) is 0 Å². The number of ether oxygens (including phenoxy) is 1. The molecule has 0 bridgehead atoms. The fraction of sp³-hybridized carbons (Fsp3) is 0.462. The van der Waals surface area contributed by atoms with Gasteiger partial charge in [0.05, 0.1) is 0 Å². The third kappa shape index (κ3) is 4.47. The van der Waals surface area contributed by atoms with Crippen LogP contribution >= 0.6 is 0 Å². The second-order valence-corrected chi connectivity index (χ2v) is 5.30. The lowest BCUT2D eigenvalue weighted by atomic mass is 10.2. The Kier molecular flexibility index (Phi) is 5.56. The molecule has 9 heteroatoms. The summed E-state index contributed by atoms with van der Waals surface area (Å²) >= 11 is 0. The van der Waals surface area contributed by atoms with Crippen molar-refractivity contribution in [2.24, 2.45) is 0 Å². The largest absolute Gasteiger partial charge is 0.444 e. The SMILES string of the molecule is CC(C)(C)OC(=O)NCCNc1c(F)c(F)c(F)c(F)c1F. The molecular formula is C13H15F5N2O2. The van der Waals surface area contributed by atoms with Crippen molar-refractivity contribution < 1.29 is 31.5 Å². The van der Waals surface area contributed by atoms with Crippen LogP contribution in [0.4, 0.5) is 32.4 Å². The van der Waals surface area contributed by atoms with E-state index in [-0.39, 0.29) is 13.1 Å². The summed E-state index contributed by atoms with van der Waals surface area (Å²) in [7, 11) is 0. The molecule has 2 N–H and O–H groups in total. The highest BCUT2D eigenvalue weighted by Gasteiger charge is 2.25. The maximum Gasteiger partial charge on any atom is 0.407 e. The summed E-state index contributed by atoms with van der Waals surface area (Å²) in [6.45, 7) is 4.50. The predicted octanol–water partition coefficient (Wildman–Crippen LogP) is 3.32. The van der Waals surface area contributed by atoms with Gasteiger partial charge in [0.25, 0.3) is 0 Å². The van der Waals surface area contributed by atoms with Gasteiger partial charge >= 0.3 is 6.09 Å². The smallest absolute Gasteiger partial charge is 0.407 e. The van der Waals surface area contributed by atoms with E-state index in [1.807, 2.05) is 5.32 Å². The number of benzene rings is 1. The van der Waals surface area contributed by atoms with Crippen molar-refractivity contribution in [1.82, 2.24) is 5.32 Å². The van der Waals surface area contributed by atoms with Crippen LogP contribution in [0.5, 0.6) is 0 Å². The molecule has 1 rings (SSSR count). The molecule has 0 aliphatic rings. The Balaban J connectivity index is 2.62. The van der Waals surface area contributed by atoms with Crippen LogP contribution in [0.1, 0.15) is 20.8 Å². The van der Waals surface area contributed by atoms with E-state index in [1.54, 1.807) is 20.8 Å². The molecule has 0 atom stereocenters. The Bertz CT molecular complexity index is 544. The summed E-state index contributed by atoms with van der Waals surface area (Å²) in [5.74, 6) is -10.2. The Hall–Kier alpha value is -2.06. The molecule has 0 aliphatic heterocycles. The average Bonchev–Trinajstić information content (AvgIpc) is 2.40. The van der Waals surface area contributed by atoms with Crippen LogP contribution in [0, 0.1) is 29.1 Å². The molecule has 1 aromatic rings. The zero-order chi connectivity index (χ0) is 17.1. The third-order valence-electron chi connectivity index (χ3n) is 2.30. The highest BCUT2D eigenvalue weighted by molar-refractivity contribution is 5.67. The molecule has 1 aromatic carbocycles. The normalized spacial score (nSPS) is 11.3.